The average molecular weight is 408 g/mol. The van der Waals surface area contributed by atoms with Gasteiger partial charge < -0.3 is 4.74 Å². The second-order valence-corrected chi connectivity index (χ2v) is 6.34. The van der Waals surface area contributed by atoms with Crippen molar-refractivity contribution in [2.75, 3.05) is 11.5 Å². The van der Waals surface area contributed by atoms with E-state index in [-0.39, 0.29) is 39.0 Å². The summed E-state index contributed by atoms with van der Waals surface area (Å²) in [6.07, 6.45) is 1.18. The summed E-state index contributed by atoms with van der Waals surface area (Å²) >= 11 is 11.9. The van der Waals surface area contributed by atoms with Crippen molar-refractivity contribution in [1.29, 1.82) is 0 Å². The molecule has 0 aromatic heterocycles. The molecule has 3 rings (SSSR count). The lowest BCUT2D eigenvalue weighted by molar-refractivity contribution is -0.137. The maximum Gasteiger partial charge on any atom is 0.349 e. The number of halogens is 3. The lowest BCUT2D eigenvalue weighted by Gasteiger charge is -2.16. The SMILES string of the molecule is CCOC(=O)C(Cl)=Cc1cc(N2C(=O)c3ccccc3C2=O)c(F)cc1Cl. The number of carbonyl (C=O) groups excluding carboxylic acids is 3. The Bertz CT molecular complexity index is 968. The van der Waals surface area contributed by atoms with Gasteiger partial charge in [0.15, 0.2) is 0 Å². The smallest absolute Gasteiger partial charge is 0.349 e. The van der Waals surface area contributed by atoms with Crippen LogP contribution in [0.15, 0.2) is 41.4 Å². The van der Waals surface area contributed by atoms with E-state index >= 15 is 0 Å². The molecular weight excluding hydrogens is 396 g/mol. The van der Waals surface area contributed by atoms with Crippen LogP contribution in [0.5, 0.6) is 0 Å². The monoisotopic (exact) mass is 407 g/mol. The Labute approximate surface area is 163 Å². The first-order valence-corrected chi connectivity index (χ1v) is 8.62. The van der Waals surface area contributed by atoms with Crippen molar-refractivity contribution >= 4 is 52.7 Å². The van der Waals surface area contributed by atoms with Crippen molar-refractivity contribution in [3.05, 3.63) is 69.0 Å². The van der Waals surface area contributed by atoms with Gasteiger partial charge in [-0.25, -0.2) is 14.1 Å². The number of hydrogen-bond donors (Lipinski definition) is 0. The van der Waals surface area contributed by atoms with Crippen molar-refractivity contribution in [2.24, 2.45) is 0 Å². The Morgan fingerprint density at radius 1 is 1.19 bits per heavy atom. The summed E-state index contributed by atoms with van der Waals surface area (Å²) in [5, 5.41) is -0.325. The fourth-order valence-corrected chi connectivity index (χ4v) is 3.02. The van der Waals surface area contributed by atoms with Crippen LogP contribution in [0.3, 0.4) is 0 Å². The first-order valence-electron chi connectivity index (χ1n) is 7.86. The topological polar surface area (TPSA) is 63.7 Å². The molecule has 0 saturated heterocycles. The van der Waals surface area contributed by atoms with E-state index in [1.807, 2.05) is 0 Å². The van der Waals surface area contributed by atoms with E-state index in [0.717, 1.165) is 11.0 Å². The van der Waals surface area contributed by atoms with Crippen LogP contribution >= 0.6 is 23.2 Å². The molecule has 5 nitrogen and oxygen atoms in total. The lowest BCUT2D eigenvalue weighted by Crippen LogP contribution is -2.30. The first-order chi connectivity index (χ1) is 12.8. The zero-order valence-corrected chi connectivity index (χ0v) is 15.5. The van der Waals surface area contributed by atoms with E-state index in [1.54, 1.807) is 19.1 Å². The average Bonchev–Trinajstić information content (AvgIpc) is 2.89. The summed E-state index contributed by atoms with van der Waals surface area (Å²) in [7, 11) is 0. The number of anilines is 1. The number of amides is 2. The van der Waals surface area contributed by atoms with E-state index < -0.39 is 23.6 Å². The highest BCUT2D eigenvalue weighted by molar-refractivity contribution is 6.43. The van der Waals surface area contributed by atoms with Crippen molar-refractivity contribution < 1.29 is 23.5 Å². The van der Waals surface area contributed by atoms with Gasteiger partial charge in [0.2, 0.25) is 0 Å². The van der Waals surface area contributed by atoms with E-state index in [9.17, 15) is 18.8 Å². The molecular formula is C19H12Cl2FNO4. The molecule has 1 heterocycles. The number of esters is 1. The minimum absolute atomic E-state index is 0.0460. The summed E-state index contributed by atoms with van der Waals surface area (Å²) in [5.74, 6) is -2.94. The number of fused-ring (bicyclic) bond motifs is 1. The number of rotatable bonds is 4. The molecule has 138 valence electrons. The Morgan fingerprint density at radius 3 is 2.33 bits per heavy atom. The molecule has 0 saturated carbocycles. The molecule has 2 aromatic rings. The Balaban J connectivity index is 2.06. The lowest BCUT2D eigenvalue weighted by atomic mass is 10.1. The fourth-order valence-electron chi connectivity index (χ4n) is 2.64. The van der Waals surface area contributed by atoms with Crippen LogP contribution in [0, 0.1) is 5.82 Å². The molecule has 0 radical (unpaired) electrons. The fraction of sp³-hybridized carbons (Fsp3) is 0.105. The van der Waals surface area contributed by atoms with Gasteiger partial charge in [-0.05, 0) is 42.8 Å². The van der Waals surface area contributed by atoms with Crippen LogP contribution in [0.4, 0.5) is 10.1 Å². The third-order valence-electron chi connectivity index (χ3n) is 3.85. The molecule has 2 amide bonds. The van der Waals surface area contributed by atoms with E-state index in [0.29, 0.717) is 0 Å². The molecule has 0 N–H and O–H groups in total. The molecule has 0 atom stereocenters. The molecule has 27 heavy (non-hydrogen) atoms. The minimum Gasteiger partial charge on any atom is -0.462 e. The van der Waals surface area contributed by atoms with Gasteiger partial charge in [-0.2, -0.15) is 0 Å². The normalized spacial score (nSPS) is 13.8. The zero-order chi connectivity index (χ0) is 19.7. The molecule has 0 aliphatic carbocycles. The van der Waals surface area contributed by atoms with Crippen molar-refractivity contribution in [3.8, 4) is 0 Å². The number of nitrogens with zero attached hydrogens (tertiary/aromatic N) is 1. The zero-order valence-electron chi connectivity index (χ0n) is 14.0. The summed E-state index contributed by atoms with van der Waals surface area (Å²) in [6.45, 7) is 1.74. The summed E-state index contributed by atoms with van der Waals surface area (Å²) in [5.41, 5.74) is 0.227. The van der Waals surface area contributed by atoms with Crippen molar-refractivity contribution in [1.82, 2.24) is 0 Å². The predicted octanol–water partition coefficient (Wildman–Crippen LogP) is 4.42. The Hall–Kier alpha value is -2.70. The van der Waals surface area contributed by atoms with Gasteiger partial charge in [-0.1, -0.05) is 35.3 Å². The van der Waals surface area contributed by atoms with Gasteiger partial charge in [0.1, 0.15) is 10.8 Å². The molecule has 8 heteroatoms. The van der Waals surface area contributed by atoms with Crippen LogP contribution in [0.1, 0.15) is 33.2 Å². The number of ether oxygens (including phenoxy) is 1. The number of imide groups is 1. The third-order valence-corrected chi connectivity index (χ3v) is 4.44. The van der Waals surface area contributed by atoms with Crippen molar-refractivity contribution in [2.45, 2.75) is 6.92 Å². The van der Waals surface area contributed by atoms with Crippen molar-refractivity contribution in [3.63, 3.8) is 0 Å². The van der Waals surface area contributed by atoms with Gasteiger partial charge in [-0.3, -0.25) is 9.59 Å². The highest BCUT2D eigenvalue weighted by atomic mass is 35.5. The van der Waals surface area contributed by atoms with Crippen LogP contribution in [0.2, 0.25) is 5.02 Å². The van der Waals surface area contributed by atoms with E-state index in [4.69, 9.17) is 27.9 Å². The molecule has 1 aliphatic heterocycles. The van der Waals surface area contributed by atoms with Gasteiger partial charge in [-0.15, -0.1) is 0 Å². The van der Waals surface area contributed by atoms with Gasteiger partial charge in [0.25, 0.3) is 11.8 Å². The molecule has 1 aliphatic rings. The second-order valence-electron chi connectivity index (χ2n) is 5.53. The highest BCUT2D eigenvalue weighted by Crippen LogP contribution is 2.34. The van der Waals surface area contributed by atoms with E-state index in [2.05, 4.69) is 0 Å². The molecule has 2 aromatic carbocycles. The maximum atomic E-state index is 14.5. The first kappa shape index (κ1) is 19.1. The second kappa shape index (κ2) is 7.50. The predicted molar refractivity (Wildman–Crippen MR) is 99.5 cm³/mol. The quantitative estimate of drug-likeness (QED) is 0.427. The molecule has 0 unspecified atom stereocenters. The molecule has 0 spiro atoms. The van der Waals surface area contributed by atoms with Gasteiger partial charge in [0, 0.05) is 0 Å². The van der Waals surface area contributed by atoms with Crippen LogP contribution in [0.25, 0.3) is 6.08 Å². The summed E-state index contributed by atoms with van der Waals surface area (Å²) < 4.78 is 19.3. The largest absolute Gasteiger partial charge is 0.462 e. The minimum atomic E-state index is -0.862. The number of benzene rings is 2. The van der Waals surface area contributed by atoms with Crippen LogP contribution in [-0.2, 0) is 9.53 Å². The standard InChI is InChI=1S/C19H12Cl2FNO4/c1-2-27-19(26)14(21)7-10-8-16(15(22)9-13(10)20)23-17(24)11-5-3-4-6-12(11)18(23)25/h3-9H,2H2,1H3. The number of hydrogen-bond acceptors (Lipinski definition) is 4. The summed E-state index contributed by atoms with van der Waals surface area (Å²) in [6, 6.07) is 8.32. The van der Waals surface area contributed by atoms with Crippen LogP contribution < -0.4 is 4.90 Å². The third kappa shape index (κ3) is 3.46. The molecule has 0 fully saturated rings. The van der Waals surface area contributed by atoms with Gasteiger partial charge in [0.05, 0.1) is 28.4 Å². The summed E-state index contributed by atoms with van der Waals surface area (Å²) in [4.78, 5) is 37.5. The van der Waals surface area contributed by atoms with Crippen LogP contribution in [-0.4, -0.2) is 24.4 Å². The maximum absolute atomic E-state index is 14.5. The number of carbonyl (C=O) groups is 3. The Morgan fingerprint density at radius 2 is 1.78 bits per heavy atom. The highest BCUT2D eigenvalue weighted by Gasteiger charge is 2.37. The van der Waals surface area contributed by atoms with Gasteiger partial charge >= 0.3 is 5.97 Å². The Kier molecular flexibility index (Phi) is 5.30. The molecule has 0 bridgehead atoms. The van der Waals surface area contributed by atoms with E-state index in [1.165, 1.54) is 24.3 Å².